The summed E-state index contributed by atoms with van der Waals surface area (Å²) < 4.78 is 0. The normalized spacial score (nSPS) is 10.3. The van der Waals surface area contributed by atoms with Gasteiger partial charge in [0.1, 0.15) is 5.69 Å². The highest BCUT2D eigenvalue weighted by molar-refractivity contribution is 7.09. The van der Waals surface area contributed by atoms with Gasteiger partial charge in [0.05, 0.1) is 22.2 Å². The largest absolute Gasteiger partial charge is 0.374 e. The smallest absolute Gasteiger partial charge is 0.292 e. The van der Waals surface area contributed by atoms with E-state index in [1.165, 1.54) is 12.1 Å². The van der Waals surface area contributed by atoms with Crippen LogP contribution in [0.4, 0.5) is 11.4 Å². The second kappa shape index (κ2) is 5.32. The topological polar surface area (TPSA) is 68.1 Å². The molecule has 5 nitrogen and oxygen atoms in total. The van der Waals surface area contributed by atoms with E-state index < -0.39 is 4.92 Å². The van der Waals surface area contributed by atoms with E-state index in [0.29, 0.717) is 17.3 Å². The van der Waals surface area contributed by atoms with Crippen molar-refractivity contribution < 1.29 is 4.92 Å². The number of aryl methyl sites for hydroxylation is 1. The Hall–Kier alpha value is -1.66. The van der Waals surface area contributed by atoms with Crippen molar-refractivity contribution in [3.05, 3.63) is 49.4 Å². The van der Waals surface area contributed by atoms with E-state index in [9.17, 15) is 10.1 Å². The lowest BCUT2D eigenvalue weighted by Crippen LogP contribution is -2.03. The fourth-order valence-electron chi connectivity index (χ4n) is 1.48. The van der Waals surface area contributed by atoms with E-state index >= 15 is 0 Å². The summed E-state index contributed by atoms with van der Waals surface area (Å²) in [6, 6.07) is 4.42. The number of rotatable bonds is 4. The maximum atomic E-state index is 10.9. The van der Waals surface area contributed by atoms with E-state index in [0.717, 1.165) is 10.7 Å². The number of nitro benzene ring substituents is 1. The van der Waals surface area contributed by atoms with Crippen molar-refractivity contribution in [3.63, 3.8) is 0 Å². The first kappa shape index (κ1) is 12.8. The predicted molar refractivity (Wildman–Crippen MR) is 72.3 cm³/mol. The van der Waals surface area contributed by atoms with Crippen LogP contribution in [-0.4, -0.2) is 9.91 Å². The fraction of sp³-hybridized carbons (Fsp3) is 0.182. The number of aromatic nitrogens is 1. The molecule has 0 aliphatic heterocycles. The SMILES string of the molecule is Cc1nc(CNc2cc(Cl)ccc2[N+](=O)[O-])cs1. The van der Waals surface area contributed by atoms with E-state index in [2.05, 4.69) is 10.3 Å². The summed E-state index contributed by atoms with van der Waals surface area (Å²) in [5, 5.41) is 17.2. The minimum absolute atomic E-state index is 0.00588. The molecule has 0 spiro atoms. The number of nitrogens with zero attached hydrogens (tertiary/aromatic N) is 2. The summed E-state index contributed by atoms with van der Waals surface area (Å²) in [5.74, 6) is 0. The molecule has 0 saturated carbocycles. The second-order valence-electron chi connectivity index (χ2n) is 3.63. The lowest BCUT2D eigenvalue weighted by molar-refractivity contribution is -0.384. The lowest BCUT2D eigenvalue weighted by Gasteiger charge is -2.05. The second-order valence-corrected chi connectivity index (χ2v) is 5.13. The van der Waals surface area contributed by atoms with Gasteiger partial charge in [-0.2, -0.15) is 0 Å². The number of nitro groups is 1. The van der Waals surface area contributed by atoms with Crippen molar-refractivity contribution in [2.24, 2.45) is 0 Å². The first-order valence-corrected chi connectivity index (χ1v) is 6.41. The van der Waals surface area contributed by atoms with Gasteiger partial charge in [0.15, 0.2) is 0 Å². The summed E-state index contributed by atoms with van der Waals surface area (Å²) in [5.41, 5.74) is 1.26. The molecule has 2 aromatic rings. The van der Waals surface area contributed by atoms with E-state index in [4.69, 9.17) is 11.6 Å². The zero-order valence-electron chi connectivity index (χ0n) is 9.51. The molecule has 1 N–H and O–H groups in total. The minimum Gasteiger partial charge on any atom is -0.374 e. The molecule has 0 aliphatic rings. The summed E-state index contributed by atoms with van der Waals surface area (Å²) >= 11 is 7.37. The van der Waals surface area contributed by atoms with Gasteiger partial charge in [-0.15, -0.1) is 11.3 Å². The van der Waals surface area contributed by atoms with Gasteiger partial charge >= 0.3 is 0 Å². The first-order chi connectivity index (χ1) is 8.56. The third-order valence-electron chi connectivity index (χ3n) is 2.28. The van der Waals surface area contributed by atoms with Crippen LogP contribution in [-0.2, 0) is 6.54 Å². The first-order valence-electron chi connectivity index (χ1n) is 5.15. The van der Waals surface area contributed by atoms with Crippen LogP contribution in [0.2, 0.25) is 5.02 Å². The van der Waals surface area contributed by atoms with Crippen molar-refractivity contribution in [1.82, 2.24) is 4.98 Å². The minimum atomic E-state index is -0.440. The molecule has 1 aromatic carbocycles. The van der Waals surface area contributed by atoms with Gasteiger partial charge in [-0.1, -0.05) is 11.6 Å². The zero-order valence-corrected chi connectivity index (χ0v) is 11.1. The van der Waals surface area contributed by atoms with Crippen molar-refractivity contribution in [3.8, 4) is 0 Å². The van der Waals surface area contributed by atoms with Crippen molar-refractivity contribution in [2.45, 2.75) is 13.5 Å². The molecule has 94 valence electrons. The highest BCUT2D eigenvalue weighted by Gasteiger charge is 2.13. The Kier molecular flexibility index (Phi) is 3.78. The van der Waals surface area contributed by atoms with Crippen molar-refractivity contribution >= 4 is 34.3 Å². The maximum Gasteiger partial charge on any atom is 0.292 e. The highest BCUT2D eigenvalue weighted by atomic mass is 35.5. The van der Waals surface area contributed by atoms with E-state index in [1.807, 2.05) is 12.3 Å². The molecule has 0 atom stereocenters. The molecule has 0 aliphatic carbocycles. The fourth-order valence-corrected chi connectivity index (χ4v) is 2.27. The Morgan fingerprint density at radius 3 is 2.94 bits per heavy atom. The predicted octanol–water partition coefficient (Wildman–Crippen LogP) is 3.63. The van der Waals surface area contributed by atoms with Crippen molar-refractivity contribution in [1.29, 1.82) is 0 Å². The third kappa shape index (κ3) is 2.96. The zero-order chi connectivity index (χ0) is 13.1. The van der Waals surface area contributed by atoms with Crippen LogP contribution < -0.4 is 5.32 Å². The molecule has 1 aromatic heterocycles. The molecule has 0 bridgehead atoms. The maximum absolute atomic E-state index is 10.9. The summed E-state index contributed by atoms with van der Waals surface area (Å²) in [6.07, 6.45) is 0. The van der Waals surface area contributed by atoms with Gasteiger partial charge in [-0.3, -0.25) is 10.1 Å². The Morgan fingerprint density at radius 2 is 2.33 bits per heavy atom. The number of thiazole rings is 1. The third-order valence-corrected chi connectivity index (χ3v) is 3.34. The summed E-state index contributed by atoms with van der Waals surface area (Å²) in [4.78, 5) is 14.7. The quantitative estimate of drug-likeness (QED) is 0.687. The van der Waals surface area contributed by atoms with Crippen LogP contribution in [0, 0.1) is 17.0 Å². The number of halogens is 1. The number of benzene rings is 1. The monoisotopic (exact) mass is 283 g/mol. The van der Waals surface area contributed by atoms with Gasteiger partial charge in [0, 0.05) is 16.5 Å². The van der Waals surface area contributed by atoms with Crippen LogP contribution in [0.15, 0.2) is 23.6 Å². The molecule has 0 unspecified atom stereocenters. The molecule has 1 heterocycles. The average molecular weight is 284 g/mol. The van der Waals surface area contributed by atoms with Gasteiger partial charge < -0.3 is 5.32 Å². The standard InChI is InChI=1S/C11H10ClN3O2S/c1-7-14-9(6-18-7)5-13-10-4-8(12)2-3-11(10)15(16)17/h2-4,6,13H,5H2,1H3. The molecule has 0 amide bonds. The Labute approximate surface area is 113 Å². The molecular weight excluding hydrogens is 274 g/mol. The van der Waals surface area contributed by atoms with Gasteiger partial charge in [0.2, 0.25) is 0 Å². The Balaban J connectivity index is 2.17. The molecular formula is C11H10ClN3O2S. The van der Waals surface area contributed by atoms with Crippen molar-refractivity contribution in [2.75, 3.05) is 5.32 Å². The number of hydrogen-bond donors (Lipinski definition) is 1. The average Bonchev–Trinajstić information content (AvgIpc) is 2.72. The number of hydrogen-bond acceptors (Lipinski definition) is 5. The Bertz CT molecular complexity index is 585. The lowest BCUT2D eigenvalue weighted by atomic mass is 10.2. The van der Waals surface area contributed by atoms with Gasteiger partial charge in [0.25, 0.3) is 5.69 Å². The van der Waals surface area contributed by atoms with Crippen LogP contribution >= 0.6 is 22.9 Å². The number of nitrogens with one attached hydrogen (secondary N) is 1. The van der Waals surface area contributed by atoms with Crippen LogP contribution in [0.5, 0.6) is 0 Å². The Morgan fingerprint density at radius 1 is 1.56 bits per heavy atom. The van der Waals surface area contributed by atoms with E-state index in [-0.39, 0.29) is 5.69 Å². The van der Waals surface area contributed by atoms with Crippen LogP contribution in [0.25, 0.3) is 0 Å². The van der Waals surface area contributed by atoms with E-state index in [1.54, 1.807) is 17.4 Å². The molecule has 7 heteroatoms. The van der Waals surface area contributed by atoms with Crippen LogP contribution in [0.3, 0.4) is 0 Å². The van der Waals surface area contributed by atoms with Gasteiger partial charge in [-0.05, 0) is 19.1 Å². The molecule has 0 radical (unpaired) electrons. The molecule has 2 rings (SSSR count). The summed E-state index contributed by atoms with van der Waals surface area (Å²) in [6.45, 7) is 2.35. The molecule has 18 heavy (non-hydrogen) atoms. The van der Waals surface area contributed by atoms with Crippen LogP contribution in [0.1, 0.15) is 10.7 Å². The molecule has 0 fully saturated rings. The number of anilines is 1. The van der Waals surface area contributed by atoms with Gasteiger partial charge in [-0.25, -0.2) is 4.98 Å². The summed E-state index contributed by atoms with van der Waals surface area (Å²) in [7, 11) is 0. The highest BCUT2D eigenvalue weighted by Crippen LogP contribution is 2.28. The molecule has 0 saturated heterocycles.